The van der Waals surface area contributed by atoms with E-state index >= 15 is 0 Å². The molecule has 0 bridgehead atoms. The molecule has 0 amide bonds. The number of nitrogens with zero attached hydrogens (tertiary/aromatic N) is 2. The van der Waals surface area contributed by atoms with Crippen LogP contribution >= 0.6 is 7.79 Å². The Hall–Kier alpha value is 0.270. The Morgan fingerprint density at radius 1 is 1.00 bits per heavy atom. The first-order valence-electron chi connectivity index (χ1n) is 6.61. The van der Waals surface area contributed by atoms with E-state index in [0.29, 0.717) is 0 Å². The van der Waals surface area contributed by atoms with E-state index in [4.69, 9.17) is 4.74 Å². The van der Waals surface area contributed by atoms with E-state index in [2.05, 4.69) is 16.3 Å². The average Bonchev–Trinajstić information content (AvgIpc) is 2.86. The monoisotopic (exact) mass is 246 g/mol. The average molecular weight is 246 g/mol. The van der Waals surface area contributed by atoms with Gasteiger partial charge in [0.15, 0.2) is 0 Å². The second kappa shape index (κ2) is 4.18. The van der Waals surface area contributed by atoms with Crippen molar-refractivity contribution in [2.75, 3.05) is 26.2 Å². The molecule has 3 rings (SSSR count). The van der Waals surface area contributed by atoms with Gasteiger partial charge in [-0.25, -0.2) is 0 Å². The van der Waals surface area contributed by atoms with Gasteiger partial charge in [0.2, 0.25) is 0 Å². The van der Waals surface area contributed by atoms with Crippen LogP contribution in [-0.2, 0) is 4.74 Å². The van der Waals surface area contributed by atoms with Crippen molar-refractivity contribution >= 4 is 7.79 Å². The van der Waals surface area contributed by atoms with Gasteiger partial charge in [-0.1, -0.05) is 0 Å². The van der Waals surface area contributed by atoms with Gasteiger partial charge in [-0.3, -0.25) is 0 Å². The summed E-state index contributed by atoms with van der Waals surface area (Å²) in [5.74, 6) is 0.142. The van der Waals surface area contributed by atoms with Gasteiger partial charge in [-0.05, 0) is 0 Å². The summed E-state index contributed by atoms with van der Waals surface area (Å²) in [6.07, 6.45) is 5.24. The molecule has 3 aliphatic rings. The Morgan fingerprint density at radius 3 is 1.69 bits per heavy atom. The van der Waals surface area contributed by atoms with Crippen molar-refractivity contribution in [2.45, 2.75) is 44.6 Å². The first-order valence-corrected chi connectivity index (χ1v) is 8.53. The molecule has 2 atom stereocenters. The van der Waals surface area contributed by atoms with E-state index in [1.807, 2.05) is 0 Å². The fraction of sp³-hybridized carbons (Fsp3) is 1.00. The van der Waals surface area contributed by atoms with Crippen LogP contribution in [0.5, 0.6) is 0 Å². The fourth-order valence-corrected chi connectivity index (χ4v) is 7.34. The number of ether oxygens (including phenoxy) is 1. The first-order chi connectivity index (χ1) is 7.73. The molecule has 2 unspecified atom stereocenters. The molecule has 3 fully saturated rings. The van der Waals surface area contributed by atoms with Crippen LogP contribution in [0.4, 0.5) is 0 Å². The minimum atomic E-state index is -2.47. The van der Waals surface area contributed by atoms with Gasteiger partial charge in [0, 0.05) is 0 Å². The van der Waals surface area contributed by atoms with Crippen molar-refractivity contribution in [1.29, 1.82) is 0 Å². The molecule has 0 aromatic rings. The van der Waals surface area contributed by atoms with Crippen LogP contribution in [0.2, 0.25) is 0 Å². The van der Waals surface area contributed by atoms with E-state index in [1.54, 1.807) is 0 Å². The molecule has 0 spiro atoms. The third-order valence-corrected chi connectivity index (χ3v) is 8.36. The number of hydrogen-bond acceptors (Lipinski definition) is 4. The molecule has 0 saturated carbocycles. The summed E-state index contributed by atoms with van der Waals surface area (Å²) >= 11 is 0. The molecule has 94 valence electrons. The number of epoxide rings is 1. The molecule has 3 saturated heterocycles. The minimum absolute atomic E-state index is 0.142. The maximum absolute atomic E-state index is 11.2. The van der Waals surface area contributed by atoms with Gasteiger partial charge in [-0.15, -0.1) is 0 Å². The number of hydrogen-bond donors (Lipinski definition) is 1. The molecular weight excluding hydrogens is 223 g/mol. The summed E-state index contributed by atoms with van der Waals surface area (Å²) in [5, 5.41) is 0. The predicted molar refractivity (Wildman–Crippen MR) is 66.5 cm³/mol. The molecule has 0 aliphatic carbocycles. The third kappa shape index (κ3) is 1.72. The van der Waals surface area contributed by atoms with Crippen LogP contribution in [0.3, 0.4) is 0 Å². The first kappa shape index (κ1) is 11.4. The molecule has 16 heavy (non-hydrogen) atoms. The molecule has 1 N–H and O–H groups in total. The van der Waals surface area contributed by atoms with Crippen molar-refractivity contribution in [3.63, 3.8) is 0 Å². The molecule has 0 aromatic carbocycles. The molecular formula is C11H23N2O2P. The quantitative estimate of drug-likeness (QED) is 0.603. The van der Waals surface area contributed by atoms with E-state index in [0.717, 1.165) is 26.2 Å². The molecule has 0 radical (unpaired) electrons. The number of rotatable bonds is 3. The topological polar surface area (TPSA) is 39.2 Å². The van der Waals surface area contributed by atoms with Crippen molar-refractivity contribution in [3.05, 3.63) is 0 Å². The second-order valence-electron chi connectivity index (χ2n) is 5.34. The Bertz CT molecular complexity index is 249. The molecule has 4 nitrogen and oxygen atoms in total. The summed E-state index contributed by atoms with van der Waals surface area (Å²) in [6.45, 7) is 6.39. The van der Waals surface area contributed by atoms with E-state index in [1.165, 1.54) is 25.7 Å². The Balaban J connectivity index is 1.81. The van der Waals surface area contributed by atoms with Gasteiger partial charge >= 0.3 is 97.5 Å². The van der Waals surface area contributed by atoms with Crippen molar-refractivity contribution in [1.82, 2.24) is 9.34 Å². The van der Waals surface area contributed by atoms with E-state index in [9.17, 15) is 4.89 Å². The zero-order valence-corrected chi connectivity index (χ0v) is 11.1. The van der Waals surface area contributed by atoms with Gasteiger partial charge in [0.1, 0.15) is 0 Å². The summed E-state index contributed by atoms with van der Waals surface area (Å²) in [4.78, 5) is 11.2. The zero-order valence-electron chi connectivity index (χ0n) is 10.1. The van der Waals surface area contributed by atoms with Crippen LogP contribution in [-0.4, -0.2) is 52.4 Å². The van der Waals surface area contributed by atoms with Crippen molar-refractivity contribution in [2.24, 2.45) is 0 Å². The molecule has 3 aliphatic heterocycles. The van der Waals surface area contributed by atoms with Gasteiger partial charge < -0.3 is 0 Å². The SMILES string of the molecule is CC1OC1[PH](O)(N1CCCC1)N1CCCC1. The Kier molecular flexibility index (Phi) is 2.97. The van der Waals surface area contributed by atoms with Gasteiger partial charge in [0.25, 0.3) is 0 Å². The van der Waals surface area contributed by atoms with Crippen LogP contribution in [0.25, 0.3) is 0 Å². The van der Waals surface area contributed by atoms with Crippen molar-refractivity contribution in [3.8, 4) is 0 Å². The zero-order chi connectivity index (χ0) is 11.2. The third-order valence-electron chi connectivity index (χ3n) is 4.24. The predicted octanol–water partition coefficient (Wildman–Crippen LogP) is 1.41. The summed E-state index contributed by atoms with van der Waals surface area (Å²) in [5.41, 5.74) is 0. The summed E-state index contributed by atoms with van der Waals surface area (Å²) in [6, 6.07) is 0. The van der Waals surface area contributed by atoms with Crippen molar-refractivity contribution < 1.29 is 9.63 Å². The van der Waals surface area contributed by atoms with E-state index < -0.39 is 7.79 Å². The van der Waals surface area contributed by atoms with Crippen LogP contribution in [0, 0.1) is 0 Å². The van der Waals surface area contributed by atoms with Crippen LogP contribution < -0.4 is 0 Å². The normalized spacial score (nSPS) is 38.1. The fourth-order valence-electron chi connectivity index (χ4n) is 3.24. The standard InChI is InChI=1S/C11H23N2O2P/c1-10-11(15-10)16(14,12-6-2-3-7-12)13-8-4-5-9-13/h10-11,14,16H,2-9H2,1H3. The summed E-state index contributed by atoms with van der Waals surface area (Å²) < 4.78 is 10.4. The van der Waals surface area contributed by atoms with Gasteiger partial charge in [-0.2, -0.15) is 0 Å². The van der Waals surface area contributed by atoms with Crippen LogP contribution in [0.15, 0.2) is 0 Å². The maximum atomic E-state index is 11.2. The van der Waals surface area contributed by atoms with E-state index in [-0.39, 0.29) is 11.9 Å². The van der Waals surface area contributed by atoms with Crippen LogP contribution in [0.1, 0.15) is 32.6 Å². The molecule has 0 aromatic heterocycles. The Labute approximate surface area is 98.1 Å². The Morgan fingerprint density at radius 2 is 1.38 bits per heavy atom. The molecule has 5 heteroatoms. The van der Waals surface area contributed by atoms with Gasteiger partial charge in [0.05, 0.1) is 0 Å². The summed E-state index contributed by atoms with van der Waals surface area (Å²) in [7, 11) is -2.47. The molecule has 3 heterocycles. The second-order valence-corrected chi connectivity index (χ2v) is 8.55.